The van der Waals surface area contributed by atoms with Gasteiger partial charge in [-0.15, -0.1) is 0 Å². The predicted octanol–water partition coefficient (Wildman–Crippen LogP) is -0.324. The van der Waals surface area contributed by atoms with Crippen LogP contribution in [0, 0.1) is 6.92 Å². The highest BCUT2D eigenvalue weighted by Crippen LogP contribution is 2.05. The zero-order valence-electron chi connectivity index (χ0n) is 13.9. The average Bonchev–Trinajstić information content (AvgIpc) is 2.65. The molecule has 2 N–H and O–H groups in total. The van der Waals surface area contributed by atoms with Crippen molar-refractivity contribution in [2.45, 2.75) is 6.92 Å². The Morgan fingerprint density at radius 3 is 2.15 bits per heavy atom. The van der Waals surface area contributed by atoms with Crippen LogP contribution in [0.1, 0.15) is 15.9 Å². The molecule has 3 aromatic rings. The fourth-order valence-electron chi connectivity index (χ4n) is 2.56. The molecule has 8 heteroatoms. The highest BCUT2D eigenvalue weighted by Gasteiger charge is 2.18. The second-order valence-corrected chi connectivity index (χ2v) is 5.74. The molecule has 7 nitrogen and oxygen atoms in total. The molecule has 0 saturated heterocycles. The lowest BCUT2D eigenvalue weighted by molar-refractivity contribution is 0.0949. The van der Waals surface area contributed by atoms with Gasteiger partial charge in [-0.1, -0.05) is 30.3 Å². The van der Waals surface area contributed by atoms with E-state index in [1.165, 1.54) is 54.1 Å². The number of carbonyl (C=O) groups excluding carboxylic acids is 1. The molecule has 0 aliphatic rings. The van der Waals surface area contributed by atoms with E-state index in [1.54, 1.807) is 18.2 Å². The number of rotatable bonds is 3. The van der Waals surface area contributed by atoms with Crippen molar-refractivity contribution in [3.05, 3.63) is 92.8 Å². The fourth-order valence-corrected chi connectivity index (χ4v) is 2.56. The van der Waals surface area contributed by atoms with E-state index in [1.807, 2.05) is 0 Å². The summed E-state index contributed by atoms with van der Waals surface area (Å²) in [5.41, 5.74) is -0.388. The minimum atomic E-state index is -1.63. The van der Waals surface area contributed by atoms with Crippen LogP contribution in [-0.4, -0.2) is 32.2 Å². The quantitative estimate of drug-likeness (QED) is 0.631. The summed E-state index contributed by atoms with van der Waals surface area (Å²) in [6.07, 6.45) is 1.35. The third-order valence-corrected chi connectivity index (χ3v) is 3.95. The van der Waals surface area contributed by atoms with E-state index in [0.29, 0.717) is 10.3 Å². The van der Waals surface area contributed by atoms with E-state index in [9.17, 15) is 14.4 Å². The third kappa shape index (κ3) is 3.15. The van der Waals surface area contributed by atoms with Crippen molar-refractivity contribution in [2.24, 2.45) is 0 Å². The Morgan fingerprint density at radius 1 is 0.962 bits per heavy atom. The Kier molecular flexibility index (Phi) is 4.70. The van der Waals surface area contributed by atoms with E-state index in [2.05, 4.69) is 0 Å². The minimum Gasteiger partial charge on any atom is -0.423 e. The van der Waals surface area contributed by atoms with Gasteiger partial charge >= 0.3 is 12.8 Å². The SMILES string of the molecule is Cc1cn(-c2ccc(B(O)O)cc2)c(=O)n(C(=O)c2ccccc2)c1=O. The second-order valence-electron chi connectivity index (χ2n) is 5.74. The monoisotopic (exact) mass is 350 g/mol. The molecular weight excluding hydrogens is 335 g/mol. The fraction of sp³-hybridized carbons (Fsp3) is 0.0556. The lowest BCUT2D eigenvalue weighted by atomic mass is 9.80. The highest BCUT2D eigenvalue weighted by atomic mass is 16.4. The molecule has 0 spiro atoms. The number of benzene rings is 2. The van der Waals surface area contributed by atoms with E-state index < -0.39 is 24.3 Å². The number of hydrogen-bond acceptors (Lipinski definition) is 5. The van der Waals surface area contributed by atoms with Crippen molar-refractivity contribution in [2.75, 3.05) is 0 Å². The van der Waals surface area contributed by atoms with Crippen LogP contribution in [0.3, 0.4) is 0 Å². The van der Waals surface area contributed by atoms with Gasteiger partial charge in [-0.25, -0.2) is 4.79 Å². The zero-order valence-corrected chi connectivity index (χ0v) is 13.9. The van der Waals surface area contributed by atoms with Gasteiger partial charge in [0.2, 0.25) is 0 Å². The summed E-state index contributed by atoms with van der Waals surface area (Å²) in [5.74, 6) is -0.708. The van der Waals surface area contributed by atoms with Crippen molar-refractivity contribution >= 4 is 18.5 Å². The molecular formula is C18H15BN2O5. The molecule has 3 rings (SSSR count). The van der Waals surface area contributed by atoms with E-state index in [4.69, 9.17) is 10.0 Å². The largest absolute Gasteiger partial charge is 0.488 e. The summed E-state index contributed by atoms with van der Waals surface area (Å²) < 4.78 is 1.77. The number of nitrogens with zero attached hydrogens (tertiary/aromatic N) is 2. The molecule has 0 bridgehead atoms. The van der Waals surface area contributed by atoms with Gasteiger partial charge in [0.1, 0.15) is 0 Å². The predicted molar refractivity (Wildman–Crippen MR) is 97.0 cm³/mol. The van der Waals surface area contributed by atoms with Gasteiger partial charge < -0.3 is 10.0 Å². The Balaban J connectivity index is 2.18. The Hall–Kier alpha value is -3.23. The van der Waals surface area contributed by atoms with Crippen molar-refractivity contribution in [3.63, 3.8) is 0 Å². The normalized spacial score (nSPS) is 10.6. The topological polar surface area (TPSA) is 102 Å². The van der Waals surface area contributed by atoms with E-state index in [0.717, 1.165) is 0 Å². The molecule has 0 saturated carbocycles. The summed E-state index contributed by atoms with van der Waals surface area (Å²) in [6, 6.07) is 13.9. The molecule has 26 heavy (non-hydrogen) atoms. The smallest absolute Gasteiger partial charge is 0.423 e. The molecule has 0 amide bonds. The maximum atomic E-state index is 12.8. The first kappa shape index (κ1) is 17.6. The second kappa shape index (κ2) is 6.95. The van der Waals surface area contributed by atoms with Gasteiger partial charge in [-0.3, -0.25) is 14.2 Å². The lowest BCUT2D eigenvalue weighted by Crippen LogP contribution is -2.44. The number of aromatic nitrogens is 2. The molecule has 1 aromatic heterocycles. The van der Waals surface area contributed by atoms with Crippen LogP contribution in [0.25, 0.3) is 5.69 Å². The highest BCUT2D eigenvalue weighted by molar-refractivity contribution is 6.58. The van der Waals surface area contributed by atoms with Gasteiger partial charge in [0, 0.05) is 17.3 Å². The van der Waals surface area contributed by atoms with Crippen LogP contribution in [0.4, 0.5) is 0 Å². The minimum absolute atomic E-state index is 0.222. The maximum absolute atomic E-state index is 12.8. The van der Waals surface area contributed by atoms with Crippen LogP contribution >= 0.6 is 0 Å². The van der Waals surface area contributed by atoms with Crippen molar-refractivity contribution < 1.29 is 14.8 Å². The van der Waals surface area contributed by atoms with E-state index in [-0.39, 0.29) is 16.6 Å². The Morgan fingerprint density at radius 2 is 1.58 bits per heavy atom. The number of carbonyl (C=O) groups is 1. The standard InChI is InChI=1S/C18H15BN2O5/c1-12-11-20(15-9-7-14(8-10-15)19(25)26)18(24)21(16(12)22)17(23)13-5-3-2-4-6-13/h2-11,25-26H,1H3. The first-order valence-corrected chi connectivity index (χ1v) is 7.81. The first-order chi connectivity index (χ1) is 12.4. The molecule has 0 fully saturated rings. The summed E-state index contributed by atoms with van der Waals surface area (Å²) in [6.45, 7) is 1.51. The number of aryl methyl sites for hydroxylation is 1. The Bertz CT molecular complexity index is 1070. The van der Waals surface area contributed by atoms with Crippen molar-refractivity contribution in [1.29, 1.82) is 0 Å². The van der Waals surface area contributed by atoms with Gasteiger partial charge in [0.05, 0.1) is 5.69 Å². The molecule has 0 unspecified atom stereocenters. The van der Waals surface area contributed by atoms with Gasteiger partial charge in [-0.05, 0) is 36.7 Å². The number of hydrogen-bond donors (Lipinski definition) is 2. The average molecular weight is 350 g/mol. The van der Waals surface area contributed by atoms with Gasteiger partial charge in [0.25, 0.3) is 11.5 Å². The van der Waals surface area contributed by atoms with Crippen LogP contribution in [-0.2, 0) is 0 Å². The molecule has 2 aromatic carbocycles. The Labute approximate surface area is 148 Å². The molecule has 0 radical (unpaired) electrons. The van der Waals surface area contributed by atoms with E-state index >= 15 is 0 Å². The van der Waals surface area contributed by atoms with Gasteiger partial charge in [0.15, 0.2) is 0 Å². The molecule has 0 aliphatic carbocycles. The molecule has 0 atom stereocenters. The third-order valence-electron chi connectivity index (χ3n) is 3.95. The van der Waals surface area contributed by atoms with Crippen LogP contribution in [0.2, 0.25) is 0 Å². The molecule has 130 valence electrons. The maximum Gasteiger partial charge on any atom is 0.488 e. The molecule has 1 heterocycles. The zero-order chi connectivity index (χ0) is 18.8. The molecule has 0 aliphatic heterocycles. The summed E-state index contributed by atoms with van der Waals surface area (Å²) in [7, 11) is -1.63. The van der Waals surface area contributed by atoms with Crippen LogP contribution in [0.15, 0.2) is 70.4 Å². The van der Waals surface area contributed by atoms with Gasteiger partial charge in [-0.2, -0.15) is 4.57 Å². The summed E-state index contributed by atoms with van der Waals surface area (Å²) in [5, 5.41) is 18.3. The lowest BCUT2D eigenvalue weighted by Gasteiger charge is -2.11. The summed E-state index contributed by atoms with van der Waals surface area (Å²) in [4.78, 5) is 37.8. The van der Waals surface area contributed by atoms with Crippen molar-refractivity contribution in [3.8, 4) is 5.69 Å². The van der Waals surface area contributed by atoms with Crippen molar-refractivity contribution in [1.82, 2.24) is 9.13 Å². The first-order valence-electron chi connectivity index (χ1n) is 7.81. The van der Waals surface area contributed by atoms with Crippen LogP contribution < -0.4 is 16.7 Å². The summed E-state index contributed by atoms with van der Waals surface area (Å²) >= 11 is 0. The van der Waals surface area contributed by atoms with Crippen LogP contribution in [0.5, 0.6) is 0 Å².